The molecule has 3 rings (SSSR count). The second-order valence-electron chi connectivity index (χ2n) is 5.52. The molecule has 0 spiro atoms. The topological polar surface area (TPSA) is 64.6 Å². The maximum absolute atomic E-state index is 12.8. The standard InChI is InChI=1S/C16H19N3O3S/c1-9-15(23-18-17-9)16(20)19-6-5-11-7-13(21-3)14(22-4)8-12(11)10(19)2/h7-8,10H,5-6H2,1-4H3/t10-/m1/s1. The molecule has 1 atom stereocenters. The van der Waals surface area contributed by atoms with Gasteiger partial charge in [-0.05, 0) is 55.1 Å². The summed E-state index contributed by atoms with van der Waals surface area (Å²) < 4.78 is 14.6. The molecule has 0 aliphatic carbocycles. The monoisotopic (exact) mass is 333 g/mol. The largest absolute Gasteiger partial charge is 0.493 e. The van der Waals surface area contributed by atoms with Gasteiger partial charge in [0.25, 0.3) is 5.91 Å². The molecule has 1 aliphatic rings. The summed E-state index contributed by atoms with van der Waals surface area (Å²) in [7, 11) is 3.25. The number of fused-ring (bicyclic) bond motifs is 1. The number of benzene rings is 1. The number of methoxy groups -OCH3 is 2. The van der Waals surface area contributed by atoms with Crippen molar-refractivity contribution in [3.05, 3.63) is 33.8 Å². The van der Waals surface area contributed by atoms with Crippen molar-refractivity contribution in [1.29, 1.82) is 0 Å². The van der Waals surface area contributed by atoms with Crippen molar-refractivity contribution in [2.45, 2.75) is 26.3 Å². The molecule has 1 aromatic carbocycles. The number of rotatable bonds is 3. The lowest BCUT2D eigenvalue weighted by Gasteiger charge is -2.35. The normalized spacial score (nSPS) is 16.9. The number of amides is 1. The van der Waals surface area contributed by atoms with Gasteiger partial charge in [0.1, 0.15) is 4.88 Å². The van der Waals surface area contributed by atoms with Crippen molar-refractivity contribution in [3.63, 3.8) is 0 Å². The van der Waals surface area contributed by atoms with Crippen molar-refractivity contribution in [1.82, 2.24) is 14.5 Å². The minimum absolute atomic E-state index is 0.00886. The Morgan fingerprint density at radius 1 is 1.30 bits per heavy atom. The first kappa shape index (κ1) is 15.7. The quantitative estimate of drug-likeness (QED) is 0.864. The van der Waals surface area contributed by atoms with Gasteiger partial charge < -0.3 is 14.4 Å². The van der Waals surface area contributed by atoms with Gasteiger partial charge in [-0.1, -0.05) is 4.49 Å². The minimum atomic E-state index is -0.0347. The van der Waals surface area contributed by atoms with Crippen LogP contribution in [0.2, 0.25) is 0 Å². The molecule has 1 aliphatic heterocycles. The Bertz CT molecular complexity index is 744. The van der Waals surface area contributed by atoms with Gasteiger partial charge in [0.2, 0.25) is 0 Å². The van der Waals surface area contributed by atoms with Gasteiger partial charge in [-0.3, -0.25) is 4.79 Å². The summed E-state index contributed by atoms with van der Waals surface area (Å²) in [5.41, 5.74) is 2.97. The van der Waals surface area contributed by atoms with E-state index < -0.39 is 0 Å². The van der Waals surface area contributed by atoms with E-state index in [1.54, 1.807) is 14.2 Å². The van der Waals surface area contributed by atoms with E-state index in [9.17, 15) is 4.79 Å². The first-order chi connectivity index (χ1) is 11.1. The summed E-state index contributed by atoms with van der Waals surface area (Å²) in [4.78, 5) is 15.3. The van der Waals surface area contributed by atoms with E-state index in [0.717, 1.165) is 29.3 Å². The molecule has 1 amide bonds. The van der Waals surface area contributed by atoms with Crippen LogP contribution in [0.1, 0.15) is 39.5 Å². The number of hydrogen-bond donors (Lipinski definition) is 0. The number of nitrogens with zero attached hydrogens (tertiary/aromatic N) is 3. The molecule has 2 heterocycles. The number of carbonyl (C=O) groups is 1. The zero-order valence-corrected chi connectivity index (χ0v) is 14.4. The van der Waals surface area contributed by atoms with E-state index in [2.05, 4.69) is 9.59 Å². The van der Waals surface area contributed by atoms with Crippen molar-refractivity contribution in [2.75, 3.05) is 20.8 Å². The SMILES string of the molecule is COc1cc2c(cc1OC)[C@@H](C)N(C(=O)c1snnc1C)CC2. The third-order valence-corrected chi connectivity index (χ3v) is 5.11. The maximum atomic E-state index is 12.8. The molecule has 23 heavy (non-hydrogen) atoms. The Morgan fingerprint density at radius 2 is 2.00 bits per heavy atom. The zero-order chi connectivity index (χ0) is 16.6. The third-order valence-electron chi connectivity index (χ3n) is 4.29. The molecule has 0 saturated carbocycles. The summed E-state index contributed by atoms with van der Waals surface area (Å²) in [6.07, 6.45) is 0.789. The van der Waals surface area contributed by atoms with Gasteiger partial charge in [-0.15, -0.1) is 5.10 Å². The Hall–Kier alpha value is -2.15. The molecule has 0 fully saturated rings. The Morgan fingerprint density at radius 3 is 2.61 bits per heavy atom. The second kappa shape index (κ2) is 6.16. The van der Waals surface area contributed by atoms with Crippen LogP contribution in [-0.2, 0) is 6.42 Å². The number of ether oxygens (including phenoxy) is 2. The van der Waals surface area contributed by atoms with Crippen LogP contribution in [0.15, 0.2) is 12.1 Å². The van der Waals surface area contributed by atoms with E-state index >= 15 is 0 Å². The van der Waals surface area contributed by atoms with Crippen molar-refractivity contribution in [3.8, 4) is 11.5 Å². The average Bonchev–Trinajstić information content (AvgIpc) is 2.99. The molecule has 122 valence electrons. The van der Waals surface area contributed by atoms with Gasteiger partial charge in [0.15, 0.2) is 11.5 Å². The lowest BCUT2D eigenvalue weighted by molar-refractivity contribution is 0.0681. The number of aromatic nitrogens is 2. The van der Waals surface area contributed by atoms with Crippen LogP contribution in [0.25, 0.3) is 0 Å². The Kier molecular flexibility index (Phi) is 4.21. The van der Waals surface area contributed by atoms with Crippen LogP contribution in [0, 0.1) is 6.92 Å². The molecule has 0 N–H and O–H groups in total. The fourth-order valence-electron chi connectivity index (χ4n) is 2.98. The van der Waals surface area contributed by atoms with E-state index in [4.69, 9.17) is 9.47 Å². The predicted octanol–water partition coefficient (Wildman–Crippen LogP) is 2.62. The molecular formula is C16H19N3O3S. The van der Waals surface area contributed by atoms with Crippen LogP contribution in [-0.4, -0.2) is 41.2 Å². The summed E-state index contributed by atoms with van der Waals surface area (Å²) in [5, 5.41) is 3.94. The second-order valence-corrected chi connectivity index (χ2v) is 6.27. The highest BCUT2D eigenvalue weighted by molar-refractivity contribution is 7.07. The highest BCUT2D eigenvalue weighted by Gasteiger charge is 2.31. The molecule has 2 aromatic rings. The molecule has 0 unspecified atom stereocenters. The molecule has 0 saturated heterocycles. The van der Waals surface area contributed by atoms with Gasteiger partial charge in [-0.25, -0.2) is 0 Å². The lowest BCUT2D eigenvalue weighted by Crippen LogP contribution is -2.38. The van der Waals surface area contributed by atoms with Gasteiger partial charge in [-0.2, -0.15) is 0 Å². The molecule has 7 heteroatoms. The Labute approximate surface area is 139 Å². The van der Waals surface area contributed by atoms with E-state index in [0.29, 0.717) is 22.9 Å². The summed E-state index contributed by atoms with van der Waals surface area (Å²) in [6.45, 7) is 4.51. The smallest absolute Gasteiger partial charge is 0.268 e. The average molecular weight is 333 g/mol. The molecule has 0 bridgehead atoms. The number of carbonyl (C=O) groups excluding carboxylic acids is 1. The van der Waals surface area contributed by atoms with E-state index in [-0.39, 0.29) is 11.9 Å². The highest BCUT2D eigenvalue weighted by atomic mass is 32.1. The summed E-state index contributed by atoms with van der Waals surface area (Å²) in [5.74, 6) is 1.40. The van der Waals surface area contributed by atoms with Crippen molar-refractivity contribution < 1.29 is 14.3 Å². The first-order valence-electron chi connectivity index (χ1n) is 7.41. The number of aryl methyl sites for hydroxylation is 1. The van der Waals surface area contributed by atoms with Gasteiger partial charge in [0.05, 0.1) is 26.0 Å². The van der Waals surface area contributed by atoms with Crippen LogP contribution in [0.5, 0.6) is 11.5 Å². The van der Waals surface area contributed by atoms with Gasteiger partial charge >= 0.3 is 0 Å². The first-order valence-corrected chi connectivity index (χ1v) is 8.18. The molecular weight excluding hydrogens is 314 g/mol. The predicted molar refractivity (Wildman–Crippen MR) is 87.3 cm³/mol. The summed E-state index contributed by atoms with van der Waals surface area (Å²) in [6, 6.07) is 3.94. The van der Waals surface area contributed by atoms with Crippen LogP contribution < -0.4 is 9.47 Å². The summed E-state index contributed by atoms with van der Waals surface area (Å²) >= 11 is 1.15. The zero-order valence-electron chi connectivity index (χ0n) is 13.6. The van der Waals surface area contributed by atoms with E-state index in [1.165, 1.54) is 5.56 Å². The van der Waals surface area contributed by atoms with E-state index in [1.807, 2.05) is 30.9 Å². The Balaban J connectivity index is 1.96. The third kappa shape index (κ3) is 2.65. The van der Waals surface area contributed by atoms with Crippen LogP contribution >= 0.6 is 11.5 Å². The van der Waals surface area contributed by atoms with Crippen molar-refractivity contribution in [2.24, 2.45) is 0 Å². The lowest BCUT2D eigenvalue weighted by atomic mass is 9.92. The maximum Gasteiger partial charge on any atom is 0.268 e. The van der Waals surface area contributed by atoms with Crippen LogP contribution in [0.3, 0.4) is 0 Å². The van der Waals surface area contributed by atoms with Crippen molar-refractivity contribution >= 4 is 17.4 Å². The minimum Gasteiger partial charge on any atom is -0.493 e. The fourth-order valence-corrected chi connectivity index (χ4v) is 3.59. The molecule has 1 aromatic heterocycles. The number of hydrogen-bond acceptors (Lipinski definition) is 6. The fraction of sp³-hybridized carbons (Fsp3) is 0.438. The molecule has 6 nitrogen and oxygen atoms in total. The van der Waals surface area contributed by atoms with Crippen LogP contribution in [0.4, 0.5) is 0 Å². The molecule has 0 radical (unpaired) electrons. The highest BCUT2D eigenvalue weighted by Crippen LogP contribution is 2.38. The van der Waals surface area contributed by atoms with Gasteiger partial charge in [0, 0.05) is 6.54 Å².